The molecule has 0 radical (unpaired) electrons. The van der Waals surface area contributed by atoms with Crippen molar-refractivity contribution in [3.63, 3.8) is 0 Å². The van der Waals surface area contributed by atoms with E-state index in [4.69, 9.17) is 0 Å². The summed E-state index contributed by atoms with van der Waals surface area (Å²) in [7, 11) is 0. The zero-order chi connectivity index (χ0) is 14.7. The lowest BCUT2D eigenvalue weighted by molar-refractivity contribution is -0.138. The Bertz CT molecular complexity index is 545. The first-order chi connectivity index (χ1) is 9.60. The maximum atomic E-state index is 12.1. The first kappa shape index (κ1) is 14.6. The lowest BCUT2D eigenvalue weighted by Gasteiger charge is -2.28. The van der Waals surface area contributed by atoms with Crippen LogP contribution in [0.3, 0.4) is 0 Å². The third kappa shape index (κ3) is 2.56. The molecular weight excluding hydrogens is 274 g/mol. The van der Waals surface area contributed by atoms with Gasteiger partial charge in [-0.2, -0.15) is 0 Å². The fourth-order valence-corrected chi connectivity index (χ4v) is 2.72. The Hall–Kier alpha value is -1.82. The molecule has 0 aliphatic carbocycles. The maximum absolute atomic E-state index is 12.1. The first-order valence-electron chi connectivity index (χ1n) is 6.39. The Morgan fingerprint density at radius 3 is 2.45 bits per heavy atom. The monoisotopic (exact) mass is 291 g/mol. The molecule has 0 fully saturated rings. The van der Waals surface area contributed by atoms with E-state index in [-0.39, 0.29) is 11.8 Å². The number of benzene rings is 1. The Morgan fingerprint density at radius 1 is 1.30 bits per heavy atom. The summed E-state index contributed by atoms with van der Waals surface area (Å²) in [5.41, 5.74) is 0.873. The fraction of sp³-hybridized carbons (Fsp3) is 0.357. The third-order valence-corrected chi connectivity index (χ3v) is 3.70. The topological polar surface area (TPSA) is 53.0 Å². The predicted molar refractivity (Wildman–Crippen MR) is 79.8 cm³/mol. The zero-order valence-corrected chi connectivity index (χ0v) is 12.6. The van der Waals surface area contributed by atoms with Gasteiger partial charge < -0.3 is 0 Å². The highest BCUT2D eigenvalue weighted by Gasteiger charge is 2.40. The third-order valence-electron chi connectivity index (χ3n) is 3.05. The Balaban J connectivity index is 2.47. The fourth-order valence-electron chi connectivity index (χ4n) is 2.12. The average molecular weight is 291 g/mol. The minimum atomic E-state index is -0.483. The summed E-state index contributed by atoms with van der Waals surface area (Å²) in [6, 6.07) is 9.47. The molecule has 0 N–H and O–H groups in total. The van der Waals surface area contributed by atoms with Gasteiger partial charge in [-0.3, -0.25) is 14.5 Å². The van der Waals surface area contributed by atoms with E-state index < -0.39 is 6.17 Å². The molecule has 5 nitrogen and oxygen atoms in total. The summed E-state index contributed by atoms with van der Waals surface area (Å²) in [6.45, 7) is 3.27. The number of hydrogen-bond donors (Lipinski definition) is 0. The van der Waals surface area contributed by atoms with Crippen molar-refractivity contribution in [2.45, 2.75) is 26.4 Å². The summed E-state index contributed by atoms with van der Waals surface area (Å²) in [5.74, 6) is -0.229. The van der Waals surface area contributed by atoms with Crippen LogP contribution in [0.4, 0.5) is 0 Å². The maximum Gasteiger partial charge on any atom is 0.244 e. The molecule has 2 rings (SSSR count). The largest absolute Gasteiger partial charge is 0.275 e. The molecule has 1 aromatic rings. The number of hydrazone groups is 1. The minimum Gasteiger partial charge on any atom is -0.275 e. The highest BCUT2D eigenvalue weighted by molar-refractivity contribution is 8.13. The summed E-state index contributed by atoms with van der Waals surface area (Å²) < 4.78 is 0. The molecule has 0 spiro atoms. The molecule has 1 aliphatic rings. The second kappa shape index (κ2) is 6.09. The van der Waals surface area contributed by atoms with Gasteiger partial charge in [0.05, 0.1) is 0 Å². The molecule has 1 unspecified atom stereocenters. The van der Waals surface area contributed by atoms with Gasteiger partial charge >= 0.3 is 0 Å². The van der Waals surface area contributed by atoms with Gasteiger partial charge in [0.2, 0.25) is 11.8 Å². The smallest absolute Gasteiger partial charge is 0.244 e. The molecular formula is C14H17N3O2S. The average Bonchev–Trinajstić information content (AvgIpc) is 2.87. The van der Waals surface area contributed by atoms with Gasteiger partial charge in [0.1, 0.15) is 0 Å². The van der Waals surface area contributed by atoms with Crippen molar-refractivity contribution >= 4 is 28.7 Å². The zero-order valence-electron chi connectivity index (χ0n) is 11.7. The predicted octanol–water partition coefficient (Wildman–Crippen LogP) is 2.42. The van der Waals surface area contributed by atoms with Crippen LogP contribution in [0.2, 0.25) is 0 Å². The summed E-state index contributed by atoms with van der Waals surface area (Å²) >= 11 is 1.36. The lowest BCUT2D eigenvalue weighted by Crippen LogP contribution is -2.39. The van der Waals surface area contributed by atoms with E-state index in [0.717, 1.165) is 5.56 Å². The van der Waals surface area contributed by atoms with Gasteiger partial charge in [0, 0.05) is 13.3 Å². The molecule has 1 atom stereocenters. The molecule has 0 aromatic heterocycles. The van der Waals surface area contributed by atoms with Crippen LogP contribution < -0.4 is 0 Å². The van der Waals surface area contributed by atoms with E-state index in [1.54, 1.807) is 11.8 Å². The number of rotatable bonds is 2. The molecule has 1 aliphatic heterocycles. The molecule has 0 saturated carbocycles. The number of hydrogen-bond acceptors (Lipinski definition) is 4. The van der Waals surface area contributed by atoms with Crippen LogP contribution in [0.15, 0.2) is 35.4 Å². The van der Waals surface area contributed by atoms with Crippen LogP contribution in [0, 0.1) is 0 Å². The second-order valence-electron chi connectivity index (χ2n) is 4.35. The molecule has 1 heterocycles. The molecule has 0 bridgehead atoms. The van der Waals surface area contributed by atoms with E-state index >= 15 is 0 Å². The van der Waals surface area contributed by atoms with Crippen molar-refractivity contribution in [1.29, 1.82) is 0 Å². The van der Waals surface area contributed by atoms with Gasteiger partial charge in [-0.1, -0.05) is 49.0 Å². The molecule has 20 heavy (non-hydrogen) atoms. The van der Waals surface area contributed by atoms with Crippen molar-refractivity contribution in [2.75, 3.05) is 6.26 Å². The Morgan fingerprint density at radius 2 is 1.95 bits per heavy atom. The second-order valence-corrected chi connectivity index (χ2v) is 5.13. The quantitative estimate of drug-likeness (QED) is 0.841. The van der Waals surface area contributed by atoms with Crippen LogP contribution in [-0.2, 0) is 9.59 Å². The van der Waals surface area contributed by atoms with Crippen molar-refractivity contribution in [1.82, 2.24) is 9.91 Å². The molecule has 6 heteroatoms. The van der Waals surface area contributed by atoms with Gasteiger partial charge in [-0.15, -0.1) is 5.10 Å². The van der Waals surface area contributed by atoms with Crippen molar-refractivity contribution in [3.8, 4) is 0 Å². The minimum absolute atomic E-state index is 0.103. The van der Waals surface area contributed by atoms with Crippen LogP contribution in [0.25, 0.3) is 0 Å². The van der Waals surface area contributed by atoms with Gasteiger partial charge in [-0.05, 0) is 11.8 Å². The Kier molecular flexibility index (Phi) is 4.44. The Labute approximate surface area is 122 Å². The SMILES string of the molecule is CCC(=O)N1N=C(SC)N(C(C)=O)C1c1ccccc1. The number of carbonyl (C=O) groups is 2. The van der Waals surface area contributed by atoms with E-state index in [2.05, 4.69) is 5.10 Å². The number of amidine groups is 1. The van der Waals surface area contributed by atoms with E-state index in [0.29, 0.717) is 11.6 Å². The van der Waals surface area contributed by atoms with Gasteiger partial charge in [0.15, 0.2) is 11.3 Å². The van der Waals surface area contributed by atoms with Crippen LogP contribution in [0.5, 0.6) is 0 Å². The lowest BCUT2D eigenvalue weighted by atomic mass is 10.1. The van der Waals surface area contributed by atoms with Crippen molar-refractivity contribution in [2.24, 2.45) is 5.10 Å². The number of amides is 2. The van der Waals surface area contributed by atoms with Gasteiger partial charge in [-0.25, -0.2) is 5.01 Å². The number of carbonyl (C=O) groups excluding carboxylic acids is 2. The molecule has 1 aromatic carbocycles. The summed E-state index contributed by atoms with van der Waals surface area (Å²) in [5, 5.41) is 6.26. The first-order valence-corrected chi connectivity index (χ1v) is 7.62. The standard InChI is InChI=1S/C14H17N3O2S/c1-4-12(19)17-13(11-8-6-5-7-9-11)16(10(2)18)14(15-17)20-3/h5-9,13H,4H2,1-3H3. The molecule has 2 amide bonds. The van der Waals surface area contributed by atoms with E-state index in [9.17, 15) is 9.59 Å². The van der Waals surface area contributed by atoms with Crippen molar-refractivity contribution in [3.05, 3.63) is 35.9 Å². The van der Waals surface area contributed by atoms with E-state index in [1.807, 2.05) is 36.6 Å². The highest BCUT2D eigenvalue weighted by Crippen LogP contribution is 2.34. The highest BCUT2D eigenvalue weighted by atomic mass is 32.2. The van der Waals surface area contributed by atoms with Crippen LogP contribution in [0.1, 0.15) is 32.0 Å². The van der Waals surface area contributed by atoms with Gasteiger partial charge in [0.25, 0.3) is 0 Å². The van der Waals surface area contributed by atoms with E-state index in [1.165, 1.54) is 23.7 Å². The van der Waals surface area contributed by atoms with Crippen LogP contribution >= 0.6 is 11.8 Å². The number of nitrogens with zero attached hydrogens (tertiary/aromatic N) is 3. The molecule has 106 valence electrons. The summed E-state index contributed by atoms with van der Waals surface area (Å²) in [6.07, 6.45) is 1.71. The van der Waals surface area contributed by atoms with Crippen molar-refractivity contribution < 1.29 is 9.59 Å². The summed E-state index contributed by atoms with van der Waals surface area (Å²) in [4.78, 5) is 25.6. The number of thioether (sulfide) groups is 1. The normalized spacial score (nSPS) is 18.1. The molecule has 0 saturated heterocycles. The van der Waals surface area contributed by atoms with Crippen LogP contribution in [-0.4, -0.2) is 33.1 Å².